The molecule has 3 aromatic carbocycles. The molecule has 1 amide bonds. The Labute approximate surface area is 174 Å². The summed E-state index contributed by atoms with van der Waals surface area (Å²) in [6, 6.07) is 22.2. The van der Waals surface area contributed by atoms with Crippen LogP contribution in [0.2, 0.25) is 5.02 Å². The third-order valence-electron chi connectivity index (χ3n) is 4.23. The van der Waals surface area contributed by atoms with Gasteiger partial charge in [0.2, 0.25) is 0 Å². The minimum atomic E-state index is -0.544. The quantitative estimate of drug-likeness (QED) is 0.572. The van der Waals surface area contributed by atoms with Gasteiger partial charge in [0.05, 0.1) is 13.5 Å². The van der Waals surface area contributed by atoms with Gasteiger partial charge in [0.15, 0.2) is 6.61 Å². The lowest BCUT2D eigenvalue weighted by molar-refractivity contribution is -0.146. The predicted octanol–water partition coefficient (Wildman–Crippen LogP) is 4.74. The van der Waals surface area contributed by atoms with Crippen molar-refractivity contribution >= 4 is 29.2 Å². The van der Waals surface area contributed by atoms with Crippen LogP contribution in [-0.4, -0.2) is 25.6 Å². The minimum Gasteiger partial charge on any atom is -0.496 e. The molecular formula is C23H20ClNO4. The number of rotatable bonds is 7. The van der Waals surface area contributed by atoms with Crippen molar-refractivity contribution in [2.45, 2.75) is 6.42 Å². The van der Waals surface area contributed by atoms with Gasteiger partial charge in [-0.3, -0.25) is 9.59 Å². The van der Waals surface area contributed by atoms with Crippen molar-refractivity contribution in [2.75, 3.05) is 19.0 Å². The largest absolute Gasteiger partial charge is 0.496 e. The van der Waals surface area contributed by atoms with Gasteiger partial charge in [-0.25, -0.2) is 0 Å². The molecule has 0 saturated carbocycles. The summed E-state index contributed by atoms with van der Waals surface area (Å²) in [4.78, 5) is 24.4. The Hall–Kier alpha value is -3.31. The summed E-state index contributed by atoms with van der Waals surface area (Å²) in [5, 5.41) is 3.29. The molecule has 0 spiro atoms. The monoisotopic (exact) mass is 409 g/mol. The number of carbonyl (C=O) groups is 2. The minimum absolute atomic E-state index is 0.0440. The third-order valence-corrected chi connectivity index (χ3v) is 4.46. The van der Waals surface area contributed by atoms with Crippen LogP contribution in [0.3, 0.4) is 0 Å². The Kier molecular flexibility index (Phi) is 6.87. The molecule has 3 aromatic rings. The van der Waals surface area contributed by atoms with Crippen LogP contribution >= 0.6 is 11.6 Å². The average molecular weight is 410 g/mol. The van der Waals surface area contributed by atoms with Gasteiger partial charge in [0, 0.05) is 21.8 Å². The van der Waals surface area contributed by atoms with E-state index in [1.54, 1.807) is 24.3 Å². The number of benzene rings is 3. The molecule has 3 rings (SSSR count). The van der Waals surface area contributed by atoms with E-state index in [1.807, 2.05) is 48.5 Å². The van der Waals surface area contributed by atoms with Gasteiger partial charge < -0.3 is 14.8 Å². The zero-order valence-electron chi connectivity index (χ0n) is 15.9. The molecule has 0 heterocycles. The van der Waals surface area contributed by atoms with Gasteiger partial charge >= 0.3 is 5.97 Å². The van der Waals surface area contributed by atoms with E-state index < -0.39 is 11.9 Å². The molecule has 0 unspecified atom stereocenters. The highest BCUT2D eigenvalue weighted by Gasteiger charge is 2.14. The first-order chi connectivity index (χ1) is 14.1. The van der Waals surface area contributed by atoms with Crippen LogP contribution in [0.5, 0.6) is 5.75 Å². The lowest BCUT2D eigenvalue weighted by Crippen LogP contribution is -2.22. The van der Waals surface area contributed by atoms with Gasteiger partial charge in [-0.05, 0) is 29.8 Å². The van der Waals surface area contributed by atoms with E-state index in [9.17, 15) is 9.59 Å². The molecule has 0 atom stereocenters. The predicted molar refractivity (Wildman–Crippen MR) is 113 cm³/mol. The molecule has 0 aliphatic carbocycles. The van der Waals surface area contributed by atoms with E-state index in [1.165, 1.54) is 7.11 Å². The fraction of sp³-hybridized carbons (Fsp3) is 0.130. The molecule has 0 aliphatic rings. The number of esters is 1. The first-order valence-electron chi connectivity index (χ1n) is 8.99. The van der Waals surface area contributed by atoms with Crippen molar-refractivity contribution in [1.29, 1.82) is 0 Å². The van der Waals surface area contributed by atoms with Crippen molar-refractivity contribution in [3.8, 4) is 16.9 Å². The summed E-state index contributed by atoms with van der Waals surface area (Å²) >= 11 is 5.97. The number of para-hydroxylation sites is 1. The lowest BCUT2D eigenvalue weighted by atomic mass is 10.0. The van der Waals surface area contributed by atoms with E-state index >= 15 is 0 Å². The van der Waals surface area contributed by atoms with Crippen molar-refractivity contribution in [1.82, 2.24) is 0 Å². The first kappa shape index (κ1) is 20.4. The van der Waals surface area contributed by atoms with Gasteiger partial charge in [0.25, 0.3) is 5.91 Å². The van der Waals surface area contributed by atoms with Crippen molar-refractivity contribution in [2.24, 2.45) is 0 Å². The summed E-state index contributed by atoms with van der Waals surface area (Å²) in [7, 11) is 1.51. The molecule has 6 heteroatoms. The Morgan fingerprint density at radius 1 is 0.966 bits per heavy atom. The van der Waals surface area contributed by atoms with Gasteiger partial charge in [-0.2, -0.15) is 0 Å². The molecule has 1 N–H and O–H groups in total. The number of halogens is 1. The number of methoxy groups -OCH3 is 1. The summed E-state index contributed by atoms with van der Waals surface area (Å²) in [6.07, 6.45) is -0.0440. The van der Waals surface area contributed by atoms with E-state index in [2.05, 4.69) is 5.32 Å². The van der Waals surface area contributed by atoms with Crippen LogP contribution < -0.4 is 10.1 Å². The summed E-state index contributed by atoms with van der Waals surface area (Å²) in [5.74, 6) is -0.426. The number of hydrogen-bond donors (Lipinski definition) is 1. The Morgan fingerprint density at radius 3 is 2.45 bits per heavy atom. The summed E-state index contributed by atoms with van der Waals surface area (Å²) in [5.41, 5.74) is 3.11. The maximum Gasteiger partial charge on any atom is 0.310 e. The normalized spacial score (nSPS) is 10.3. The highest BCUT2D eigenvalue weighted by molar-refractivity contribution is 6.30. The number of carbonyl (C=O) groups excluding carboxylic acids is 2. The van der Waals surface area contributed by atoms with Crippen molar-refractivity contribution in [3.05, 3.63) is 83.4 Å². The number of amides is 1. The molecule has 5 nitrogen and oxygen atoms in total. The average Bonchev–Trinajstić information content (AvgIpc) is 2.73. The van der Waals surface area contributed by atoms with Crippen LogP contribution in [-0.2, 0) is 20.7 Å². The number of hydrogen-bond acceptors (Lipinski definition) is 4. The highest BCUT2D eigenvalue weighted by Crippen LogP contribution is 2.27. The molecular weight excluding hydrogens is 390 g/mol. The lowest BCUT2D eigenvalue weighted by Gasteiger charge is -2.12. The van der Waals surface area contributed by atoms with E-state index in [-0.39, 0.29) is 13.0 Å². The second-order valence-corrected chi connectivity index (χ2v) is 6.69. The topological polar surface area (TPSA) is 64.6 Å². The molecule has 0 radical (unpaired) electrons. The number of nitrogens with one attached hydrogen (secondary N) is 1. The van der Waals surface area contributed by atoms with Crippen LogP contribution in [0.1, 0.15) is 5.56 Å². The maximum atomic E-state index is 12.3. The Morgan fingerprint density at radius 2 is 1.69 bits per heavy atom. The van der Waals surface area contributed by atoms with Crippen LogP contribution in [0.4, 0.5) is 5.69 Å². The number of ether oxygens (including phenoxy) is 2. The second kappa shape index (κ2) is 9.75. The van der Waals surface area contributed by atoms with Gasteiger partial charge in [0.1, 0.15) is 5.75 Å². The van der Waals surface area contributed by atoms with E-state index in [0.29, 0.717) is 22.0 Å². The molecule has 0 fully saturated rings. The first-order valence-corrected chi connectivity index (χ1v) is 9.37. The van der Waals surface area contributed by atoms with E-state index in [4.69, 9.17) is 21.1 Å². The molecule has 0 bridgehead atoms. The molecule has 0 saturated heterocycles. The zero-order valence-corrected chi connectivity index (χ0v) is 16.6. The van der Waals surface area contributed by atoms with Gasteiger partial charge in [-0.15, -0.1) is 0 Å². The Balaban J connectivity index is 1.60. The molecule has 0 aliphatic heterocycles. The standard InChI is InChI=1S/C23H20ClNO4/c1-28-21-12-11-18(24)13-17(21)14-23(27)29-15-22(26)25-20-10-6-5-9-19(20)16-7-3-2-4-8-16/h2-13H,14-15H2,1H3,(H,25,26). The molecule has 148 valence electrons. The fourth-order valence-corrected chi connectivity index (χ4v) is 3.08. The van der Waals surface area contributed by atoms with Crippen molar-refractivity contribution < 1.29 is 19.1 Å². The SMILES string of the molecule is COc1ccc(Cl)cc1CC(=O)OCC(=O)Nc1ccccc1-c1ccccc1. The molecule has 0 aromatic heterocycles. The molecule has 29 heavy (non-hydrogen) atoms. The summed E-state index contributed by atoms with van der Waals surface area (Å²) in [6.45, 7) is -0.384. The fourth-order valence-electron chi connectivity index (χ4n) is 2.89. The summed E-state index contributed by atoms with van der Waals surface area (Å²) < 4.78 is 10.3. The Bertz CT molecular complexity index is 1000. The van der Waals surface area contributed by atoms with E-state index in [0.717, 1.165) is 11.1 Å². The highest BCUT2D eigenvalue weighted by atomic mass is 35.5. The van der Waals surface area contributed by atoms with Crippen LogP contribution in [0.25, 0.3) is 11.1 Å². The number of anilines is 1. The van der Waals surface area contributed by atoms with Crippen LogP contribution in [0, 0.1) is 0 Å². The maximum absolute atomic E-state index is 12.3. The smallest absolute Gasteiger partial charge is 0.310 e. The van der Waals surface area contributed by atoms with Crippen molar-refractivity contribution in [3.63, 3.8) is 0 Å². The van der Waals surface area contributed by atoms with Crippen LogP contribution in [0.15, 0.2) is 72.8 Å². The second-order valence-electron chi connectivity index (χ2n) is 6.25. The zero-order chi connectivity index (χ0) is 20.6. The third kappa shape index (κ3) is 5.59. The van der Waals surface area contributed by atoms with Gasteiger partial charge in [-0.1, -0.05) is 60.1 Å².